The minimum absolute atomic E-state index is 0.0488. The van der Waals surface area contributed by atoms with Crippen molar-refractivity contribution in [2.75, 3.05) is 46.8 Å². The monoisotopic (exact) mass is 785 g/mol. The Balaban J connectivity index is 1.64. The number of nitrogens with two attached hydrogens (primary N) is 2. The molecule has 2 fully saturated rings. The van der Waals surface area contributed by atoms with Crippen molar-refractivity contribution < 1.29 is 0 Å². The lowest BCUT2D eigenvalue weighted by Crippen LogP contribution is -2.69. The molecule has 1 unspecified atom stereocenters. The van der Waals surface area contributed by atoms with Crippen LogP contribution in [-0.4, -0.2) is 124 Å². The minimum atomic E-state index is -0.149. The molecule has 0 bridgehead atoms. The lowest BCUT2D eigenvalue weighted by Gasteiger charge is -2.53. The molecule has 0 aromatic carbocycles. The van der Waals surface area contributed by atoms with Gasteiger partial charge in [-0.3, -0.25) is 41.4 Å². The maximum absolute atomic E-state index is 6.16. The van der Waals surface area contributed by atoms with Crippen molar-refractivity contribution in [2.45, 2.75) is 187 Å². The van der Waals surface area contributed by atoms with E-state index < -0.39 is 0 Å². The van der Waals surface area contributed by atoms with Gasteiger partial charge in [-0.25, -0.2) is 5.01 Å². The molecule has 4 aliphatic heterocycles. The van der Waals surface area contributed by atoms with Gasteiger partial charge in [0.25, 0.3) is 0 Å². The zero-order valence-electron chi connectivity index (χ0n) is 37.7. The standard InChI is InChI=1S/C42H84N14/c1-13-15-19-32-29-46-55(50-37(32)48-34-25-39(3,4)52(11)40(5,6)26-34)36(45-23-17-21-43)31-54(24-18-22-44)56-47-30-33(20-16-14-2)38(51-56)49-35-27-41(7,8)53(12)42(9,10)28-35/h29-30,34-36,45-47H,13-28,31,43-44H2,1-12H3,(H,48,50)(H,49,51). The lowest BCUT2D eigenvalue weighted by atomic mass is 9.77. The average molecular weight is 785 g/mol. The third-order valence-electron chi connectivity index (χ3n) is 12.9. The zero-order chi connectivity index (χ0) is 41.3. The summed E-state index contributed by atoms with van der Waals surface area (Å²) in [7, 11) is 4.51. The first-order valence-corrected chi connectivity index (χ1v) is 21.9. The van der Waals surface area contributed by atoms with E-state index >= 15 is 0 Å². The highest BCUT2D eigenvalue weighted by molar-refractivity contribution is 5.99. The summed E-state index contributed by atoms with van der Waals surface area (Å²) in [6.07, 6.45) is 16.3. The average Bonchev–Trinajstić information content (AvgIpc) is 3.12. The van der Waals surface area contributed by atoms with E-state index in [1.165, 1.54) is 11.1 Å². The molecule has 14 nitrogen and oxygen atoms in total. The summed E-state index contributed by atoms with van der Waals surface area (Å²) in [6.45, 7) is 26.6. The molecule has 0 amide bonds. The highest BCUT2D eigenvalue weighted by atomic mass is 16.0. The maximum atomic E-state index is 6.16. The molecule has 0 radical (unpaired) electrons. The van der Waals surface area contributed by atoms with Crippen molar-refractivity contribution in [2.24, 2.45) is 21.5 Å². The fourth-order valence-electron chi connectivity index (χ4n) is 9.04. The Kier molecular flexibility index (Phi) is 16.7. The molecule has 56 heavy (non-hydrogen) atoms. The molecule has 0 spiro atoms. The lowest BCUT2D eigenvalue weighted by molar-refractivity contribution is -0.108. The number of nitrogens with one attached hydrogen (secondary N) is 5. The normalized spacial score (nSPS) is 25.7. The van der Waals surface area contributed by atoms with Gasteiger partial charge in [0.05, 0.1) is 12.1 Å². The number of amidine groups is 2. The summed E-state index contributed by atoms with van der Waals surface area (Å²) in [4.78, 5) is 16.1. The molecular formula is C42H84N14. The summed E-state index contributed by atoms with van der Waals surface area (Å²) in [5.41, 5.74) is 29.5. The van der Waals surface area contributed by atoms with E-state index in [1.54, 1.807) is 0 Å². The van der Waals surface area contributed by atoms with Gasteiger partial charge in [-0.1, -0.05) is 31.9 Å². The van der Waals surface area contributed by atoms with Crippen molar-refractivity contribution >= 4 is 11.7 Å². The van der Waals surface area contributed by atoms with Gasteiger partial charge in [-0.05, 0) is 153 Å². The summed E-state index contributed by atoms with van der Waals surface area (Å²) in [5.74, 6) is 1.92. The summed E-state index contributed by atoms with van der Waals surface area (Å²) in [5, 5.41) is 10.2. The third kappa shape index (κ3) is 12.1. The van der Waals surface area contributed by atoms with Gasteiger partial charge in [0.1, 0.15) is 17.8 Å². The molecule has 0 aliphatic carbocycles. The third-order valence-corrected chi connectivity index (χ3v) is 12.9. The fourth-order valence-corrected chi connectivity index (χ4v) is 9.04. The first kappa shape index (κ1) is 46.4. The molecule has 4 heterocycles. The Hall–Kier alpha value is -2.30. The van der Waals surface area contributed by atoms with Crippen molar-refractivity contribution in [3.05, 3.63) is 23.5 Å². The van der Waals surface area contributed by atoms with Crippen molar-refractivity contribution in [3.8, 4) is 0 Å². The molecule has 0 aromatic heterocycles. The molecular weight excluding hydrogens is 701 g/mol. The second kappa shape index (κ2) is 20.1. The quantitative estimate of drug-likeness (QED) is 0.0909. The first-order chi connectivity index (χ1) is 26.4. The molecule has 4 rings (SSSR count). The molecule has 2 saturated heterocycles. The van der Waals surface area contributed by atoms with Crippen molar-refractivity contribution in [1.29, 1.82) is 0 Å². The second-order valence-corrected chi connectivity index (χ2v) is 19.3. The number of aliphatic imine (C=N–C) groups is 2. The van der Waals surface area contributed by atoms with Crippen LogP contribution in [0.3, 0.4) is 0 Å². The SMILES string of the molecule is CCCCC1=CNN(C(CN(CCCN)N2NC=C(CCCC)C(=NC3CC(C)(C)N(C)C(C)(C)C3)N2)NCCCN)NC1=NC1CC(C)(C)N(C)C(C)(C)C1. The van der Waals surface area contributed by atoms with Crippen LogP contribution in [0.4, 0.5) is 0 Å². The number of nitrogens with zero attached hydrogens (tertiary/aromatic N) is 7. The molecule has 9 N–H and O–H groups in total. The second-order valence-electron chi connectivity index (χ2n) is 19.3. The molecule has 322 valence electrons. The van der Waals surface area contributed by atoms with Gasteiger partial charge < -0.3 is 16.9 Å². The predicted octanol–water partition coefficient (Wildman–Crippen LogP) is 4.71. The van der Waals surface area contributed by atoms with Gasteiger partial charge in [0.2, 0.25) is 0 Å². The van der Waals surface area contributed by atoms with Gasteiger partial charge >= 0.3 is 0 Å². The Morgan fingerprint density at radius 2 is 1.18 bits per heavy atom. The zero-order valence-corrected chi connectivity index (χ0v) is 37.7. The predicted molar refractivity (Wildman–Crippen MR) is 235 cm³/mol. The Morgan fingerprint density at radius 3 is 1.64 bits per heavy atom. The Labute approximate surface area is 341 Å². The highest BCUT2D eigenvalue weighted by Crippen LogP contribution is 2.39. The van der Waals surface area contributed by atoms with E-state index in [4.69, 9.17) is 21.5 Å². The topological polar surface area (TPSA) is 153 Å². The van der Waals surface area contributed by atoms with Crippen molar-refractivity contribution in [3.63, 3.8) is 0 Å². The molecule has 1 atom stereocenters. The molecule has 4 aliphatic rings. The van der Waals surface area contributed by atoms with Crippen LogP contribution in [0, 0.1) is 0 Å². The molecule has 0 saturated carbocycles. The summed E-state index contributed by atoms with van der Waals surface area (Å²) >= 11 is 0. The number of hydrogen-bond acceptors (Lipinski definition) is 12. The van der Waals surface area contributed by atoms with E-state index in [9.17, 15) is 0 Å². The van der Waals surface area contributed by atoms with Crippen LogP contribution in [0.15, 0.2) is 33.5 Å². The Bertz CT molecular complexity index is 1330. The minimum Gasteiger partial charge on any atom is -0.330 e. The van der Waals surface area contributed by atoms with E-state index in [-0.39, 0.29) is 40.4 Å². The largest absolute Gasteiger partial charge is 0.330 e. The number of unbranched alkanes of at least 4 members (excludes halogenated alkanes) is 2. The number of likely N-dealkylation sites (tertiary alicyclic amines) is 2. The van der Waals surface area contributed by atoms with Crippen LogP contribution in [0.5, 0.6) is 0 Å². The first-order valence-electron chi connectivity index (χ1n) is 21.9. The van der Waals surface area contributed by atoms with E-state index in [0.717, 1.165) is 102 Å². The van der Waals surface area contributed by atoms with Crippen molar-refractivity contribution in [1.82, 2.24) is 52.2 Å². The van der Waals surface area contributed by atoms with Gasteiger partial charge in [0.15, 0.2) is 0 Å². The van der Waals surface area contributed by atoms with Gasteiger partial charge in [-0.2, -0.15) is 0 Å². The maximum Gasteiger partial charge on any atom is 0.143 e. The fraction of sp³-hybridized carbons (Fsp3) is 0.857. The van der Waals surface area contributed by atoms with Crippen LogP contribution in [0.25, 0.3) is 0 Å². The van der Waals surface area contributed by atoms with E-state index in [2.05, 4.69) is 143 Å². The molecule has 0 aromatic rings. The number of rotatable bonds is 19. The van der Waals surface area contributed by atoms with Crippen LogP contribution in [0.2, 0.25) is 0 Å². The van der Waals surface area contributed by atoms with Gasteiger partial charge in [-0.15, -0.1) is 5.12 Å². The molecule has 14 heteroatoms. The summed E-state index contributed by atoms with van der Waals surface area (Å²) in [6, 6.07) is 0.419. The number of hydrogen-bond donors (Lipinski definition) is 7. The van der Waals surface area contributed by atoms with Crippen LogP contribution in [0.1, 0.15) is 146 Å². The smallest absolute Gasteiger partial charge is 0.143 e. The number of piperidine rings is 2. The Morgan fingerprint density at radius 1 is 0.714 bits per heavy atom. The highest BCUT2D eigenvalue weighted by Gasteiger charge is 2.45. The van der Waals surface area contributed by atoms with Crippen LogP contribution < -0.4 is 38.5 Å². The van der Waals surface area contributed by atoms with Crippen LogP contribution >= 0.6 is 0 Å². The van der Waals surface area contributed by atoms with E-state index in [1.807, 2.05) is 5.23 Å². The van der Waals surface area contributed by atoms with Crippen LogP contribution in [-0.2, 0) is 0 Å². The number of hydrazine groups is 5. The van der Waals surface area contributed by atoms with Gasteiger partial charge in [0, 0.05) is 58.8 Å². The summed E-state index contributed by atoms with van der Waals surface area (Å²) < 4.78 is 0. The van der Waals surface area contributed by atoms with E-state index in [0.29, 0.717) is 19.6 Å².